The van der Waals surface area contributed by atoms with Gasteiger partial charge in [0.2, 0.25) is 0 Å². The summed E-state index contributed by atoms with van der Waals surface area (Å²) in [5, 5.41) is -1.15. The normalized spacial score (nSPS) is 12.8. The van der Waals surface area contributed by atoms with Gasteiger partial charge in [0, 0.05) is 5.92 Å². The van der Waals surface area contributed by atoms with Crippen LogP contribution in [0.15, 0.2) is 121 Å². The fourth-order valence-electron chi connectivity index (χ4n) is 7.26. The topological polar surface area (TPSA) is 110 Å². The monoisotopic (exact) mass is 722 g/mol. The quantitative estimate of drug-likeness (QED) is 0.0433. The standard InChI is InChI=1S/C22H31O3P.C20H29O3P/c23-26(24)25-19-13-5-3-1-2-4-12-18-22(20-14-8-6-9-15-20)21-16-10-7-11-17-21;1-3-5-12-17(4-2)20(24(21,22)23,18-13-8-6-9-14-18)19-15-10-7-11-16-19/h6-11,14-17,22-24H,1-5,12-13,18-19H2;6-11,13-17,21-24H,3-5,12H2,1-2H3. The molecule has 0 aliphatic heterocycles. The van der Waals surface area contributed by atoms with Gasteiger partial charge < -0.3 is 14.3 Å². The first-order chi connectivity index (χ1) is 24.3. The summed E-state index contributed by atoms with van der Waals surface area (Å²) in [6, 6.07) is 40.6. The first kappa shape index (κ1) is 41.9. The van der Waals surface area contributed by atoms with Crippen molar-refractivity contribution < 1.29 is 29.0 Å². The van der Waals surface area contributed by atoms with Crippen molar-refractivity contribution in [3.05, 3.63) is 144 Å². The molecule has 0 radical (unpaired) electrons. The van der Waals surface area contributed by atoms with Crippen LogP contribution >= 0.6 is 16.5 Å². The van der Waals surface area contributed by atoms with E-state index in [1.807, 2.05) is 60.7 Å². The minimum Gasteiger partial charge on any atom is -0.328 e. The molecule has 0 aromatic heterocycles. The predicted molar refractivity (Wildman–Crippen MR) is 211 cm³/mol. The molecule has 5 N–H and O–H groups in total. The molecule has 4 aromatic rings. The molecule has 0 amide bonds. The van der Waals surface area contributed by atoms with Gasteiger partial charge in [-0.1, -0.05) is 99.2 Å². The van der Waals surface area contributed by atoms with E-state index < -0.39 is 21.7 Å². The molecule has 6 nitrogen and oxygen atoms in total. The van der Waals surface area contributed by atoms with Crippen molar-refractivity contribution >= 4 is 16.5 Å². The molecule has 4 aromatic carbocycles. The SMILES string of the molecule is CCCCC(CC)C(c1ccccc1)(c1ccccc1)[PH](O)(O)O.OP(O)OCCCCCCCCCC(c1ccccc1)c1ccccc1. The molecule has 1 unspecified atom stereocenters. The van der Waals surface area contributed by atoms with Crippen molar-refractivity contribution in [1.82, 2.24) is 0 Å². The Morgan fingerprint density at radius 3 is 1.38 bits per heavy atom. The van der Waals surface area contributed by atoms with E-state index in [9.17, 15) is 14.7 Å². The molecule has 0 spiro atoms. The van der Waals surface area contributed by atoms with Crippen LogP contribution in [0.1, 0.15) is 119 Å². The van der Waals surface area contributed by atoms with Gasteiger partial charge in [-0.05, 0) is 24.0 Å². The fraction of sp³-hybridized carbons (Fsp3) is 0.429. The van der Waals surface area contributed by atoms with Gasteiger partial charge in [-0.15, -0.1) is 0 Å². The zero-order valence-electron chi connectivity index (χ0n) is 30.0. The van der Waals surface area contributed by atoms with Crippen LogP contribution in [0.3, 0.4) is 0 Å². The summed E-state index contributed by atoms with van der Waals surface area (Å²) in [6.07, 6.45) is 13.0. The van der Waals surface area contributed by atoms with Crippen molar-refractivity contribution in [1.29, 1.82) is 0 Å². The zero-order valence-corrected chi connectivity index (χ0v) is 31.9. The number of hydrogen-bond acceptors (Lipinski definition) is 6. The van der Waals surface area contributed by atoms with E-state index >= 15 is 0 Å². The summed E-state index contributed by atoms with van der Waals surface area (Å²) in [7, 11) is -6.73. The van der Waals surface area contributed by atoms with Gasteiger partial charge in [-0.3, -0.25) is 0 Å². The van der Waals surface area contributed by atoms with E-state index in [2.05, 4.69) is 74.5 Å². The van der Waals surface area contributed by atoms with E-state index in [0.717, 1.165) is 49.7 Å². The van der Waals surface area contributed by atoms with Crippen LogP contribution in [0.5, 0.6) is 0 Å². The molecule has 0 aliphatic rings. The van der Waals surface area contributed by atoms with E-state index in [4.69, 9.17) is 14.3 Å². The van der Waals surface area contributed by atoms with Crippen LogP contribution in [0, 0.1) is 5.92 Å². The maximum atomic E-state index is 10.7. The largest absolute Gasteiger partial charge is 0.328 e. The first-order valence-corrected chi connectivity index (χ1v) is 21.4. The third kappa shape index (κ3) is 12.9. The van der Waals surface area contributed by atoms with Crippen LogP contribution in [0.25, 0.3) is 0 Å². The van der Waals surface area contributed by atoms with Gasteiger partial charge in [0.05, 0.1) is 6.61 Å². The Balaban J connectivity index is 0.000000271. The number of benzene rings is 4. The third-order valence-electron chi connectivity index (χ3n) is 9.75. The average Bonchev–Trinajstić information content (AvgIpc) is 3.13. The molecule has 4 rings (SSSR count). The van der Waals surface area contributed by atoms with E-state index in [1.54, 1.807) is 0 Å². The molecule has 0 heterocycles. The molecule has 8 heteroatoms. The minimum absolute atomic E-state index is 0.0473. The Morgan fingerprint density at radius 1 is 0.560 bits per heavy atom. The first-order valence-electron chi connectivity index (χ1n) is 18.4. The second-order valence-corrected chi connectivity index (χ2v) is 16.0. The maximum absolute atomic E-state index is 10.7. The predicted octanol–water partition coefficient (Wildman–Crippen LogP) is 10.8. The molecule has 274 valence electrons. The zero-order chi connectivity index (χ0) is 36.1. The summed E-state index contributed by atoms with van der Waals surface area (Å²) < 4.78 is 4.77. The maximum Gasteiger partial charge on any atom is 0.327 e. The van der Waals surface area contributed by atoms with Crippen LogP contribution in [0.4, 0.5) is 0 Å². The van der Waals surface area contributed by atoms with Gasteiger partial charge in [-0.25, -0.2) is 0 Å². The molecule has 0 aliphatic carbocycles. The Hall–Kier alpha value is -2.50. The number of rotatable bonds is 21. The number of unbranched alkanes of at least 4 members (excludes halogenated alkanes) is 7. The number of hydrogen-bond donors (Lipinski definition) is 5. The van der Waals surface area contributed by atoms with Crippen molar-refractivity contribution in [2.75, 3.05) is 6.61 Å². The fourth-order valence-corrected chi connectivity index (χ4v) is 9.55. The van der Waals surface area contributed by atoms with Crippen molar-refractivity contribution in [2.24, 2.45) is 5.92 Å². The molecule has 0 saturated heterocycles. The Kier molecular flexibility index (Phi) is 19.4. The van der Waals surface area contributed by atoms with Crippen LogP contribution in [0.2, 0.25) is 0 Å². The molecule has 50 heavy (non-hydrogen) atoms. The Labute approximate surface area is 302 Å². The smallest absolute Gasteiger partial charge is 0.327 e. The van der Waals surface area contributed by atoms with Crippen molar-refractivity contribution in [3.8, 4) is 0 Å². The average molecular weight is 723 g/mol. The minimum atomic E-state index is -4.55. The summed E-state index contributed by atoms with van der Waals surface area (Å²) in [4.78, 5) is 49.4. The summed E-state index contributed by atoms with van der Waals surface area (Å²) in [5.41, 5.74) is 4.37. The molecular formula is C42H60O6P2. The third-order valence-corrected chi connectivity index (χ3v) is 12.2. The Morgan fingerprint density at radius 2 is 0.980 bits per heavy atom. The molecular weight excluding hydrogens is 662 g/mol. The molecule has 0 fully saturated rings. The summed E-state index contributed by atoms with van der Waals surface area (Å²) in [5.74, 6) is 0.440. The second-order valence-electron chi connectivity index (χ2n) is 13.1. The van der Waals surface area contributed by atoms with Gasteiger partial charge in [-0.2, -0.15) is 0 Å². The van der Waals surface area contributed by atoms with Gasteiger partial charge >= 0.3 is 154 Å². The van der Waals surface area contributed by atoms with Crippen LogP contribution in [-0.4, -0.2) is 31.1 Å². The molecule has 0 bridgehead atoms. The van der Waals surface area contributed by atoms with Crippen molar-refractivity contribution in [3.63, 3.8) is 0 Å². The van der Waals surface area contributed by atoms with E-state index in [0.29, 0.717) is 12.5 Å². The second kappa shape index (κ2) is 23.1. The van der Waals surface area contributed by atoms with Crippen molar-refractivity contribution in [2.45, 2.75) is 102 Å². The van der Waals surface area contributed by atoms with Gasteiger partial charge in [0.25, 0.3) is 0 Å². The molecule has 0 saturated carbocycles. The van der Waals surface area contributed by atoms with Gasteiger partial charge in [0.15, 0.2) is 0 Å². The Bertz CT molecular complexity index is 1320. The van der Waals surface area contributed by atoms with Crippen LogP contribution in [-0.2, 0) is 9.68 Å². The van der Waals surface area contributed by atoms with Crippen LogP contribution < -0.4 is 0 Å². The summed E-state index contributed by atoms with van der Waals surface area (Å²) >= 11 is 0. The van der Waals surface area contributed by atoms with Gasteiger partial charge in [0.1, 0.15) is 0 Å². The van der Waals surface area contributed by atoms with E-state index in [-0.39, 0.29) is 5.92 Å². The summed E-state index contributed by atoms with van der Waals surface area (Å²) in [6.45, 7) is 4.64. The van der Waals surface area contributed by atoms with E-state index in [1.165, 1.54) is 49.7 Å². The molecule has 1 atom stereocenters.